The molecule has 2 rings (SSSR count). The fraction of sp³-hybridized carbons (Fsp3) is 0.462. The molecule has 1 aromatic carbocycles. The van der Waals surface area contributed by atoms with Gasteiger partial charge in [-0.05, 0) is 24.4 Å². The van der Waals surface area contributed by atoms with Crippen molar-refractivity contribution in [3.63, 3.8) is 0 Å². The number of likely N-dealkylation sites (N-methyl/N-ethyl adjacent to an activating group) is 1. The fourth-order valence-corrected chi connectivity index (χ4v) is 2.36. The number of ether oxygens (including phenoxy) is 1. The largest absolute Gasteiger partial charge is 0.383 e. The number of hydrogen-bond acceptors (Lipinski definition) is 3. The van der Waals surface area contributed by atoms with Gasteiger partial charge in [-0.25, -0.2) is 0 Å². The molecule has 0 saturated carbocycles. The van der Waals surface area contributed by atoms with Crippen molar-refractivity contribution < 1.29 is 4.74 Å². The van der Waals surface area contributed by atoms with Crippen molar-refractivity contribution in [3.05, 3.63) is 24.3 Å². The van der Waals surface area contributed by atoms with Crippen LogP contribution in [0.3, 0.4) is 0 Å². The number of fused-ring (bicyclic) bond motifs is 1. The van der Waals surface area contributed by atoms with Gasteiger partial charge in [-0.1, -0.05) is 12.1 Å². The zero-order valence-electron chi connectivity index (χ0n) is 10.8. The smallest absolute Gasteiger partial charge is 0.173 e. The molecule has 1 heterocycles. The number of rotatable bonds is 3. The number of hydrogen-bond donors (Lipinski definition) is 1. The van der Waals surface area contributed by atoms with E-state index >= 15 is 0 Å². The van der Waals surface area contributed by atoms with E-state index in [-0.39, 0.29) is 0 Å². The number of methoxy groups -OCH3 is 1. The number of anilines is 2. The molecule has 0 amide bonds. The SMILES string of the molecule is COCCNC(=S)N1CCN(C)c2ccccc21. The lowest BCUT2D eigenvalue weighted by molar-refractivity contribution is 0.204. The standard InChI is InChI=1S/C13H19N3OS/c1-15-8-9-16(13(18)14-7-10-17-2)12-6-4-3-5-11(12)15/h3-6H,7-10H2,1-2H3,(H,14,18). The Kier molecular flexibility index (Phi) is 4.38. The third-order valence-electron chi connectivity index (χ3n) is 3.07. The van der Waals surface area contributed by atoms with Crippen molar-refractivity contribution in [2.75, 3.05) is 50.2 Å². The van der Waals surface area contributed by atoms with Crippen LogP contribution in [0.15, 0.2) is 24.3 Å². The van der Waals surface area contributed by atoms with Crippen LogP contribution in [0.4, 0.5) is 11.4 Å². The summed E-state index contributed by atoms with van der Waals surface area (Å²) in [5.41, 5.74) is 2.39. The molecule has 5 heteroatoms. The van der Waals surface area contributed by atoms with Gasteiger partial charge in [0.05, 0.1) is 18.0 Å². The van der Waals surface area contributed by atoms with Crippen molar-refractivity contribution in [1.29, 1.82) is 0 Å². The zero-order valence-corrected chi connectivity index (χ0v) is 11.7. The summed E-state index contributed by atoms with van der Waals surface area (Å²) in [5, 5.41) is 3.99. The summed E-state index contributed by atoms with van der Waals surface area (Å²) in [6, 6.07) is 8.33. The first kappa shape index (κ1) is 13.1. The summed E-state index contributed by atoms with van der Waals surface area (Å²) in [6.45, 7) is 3.29. The van der Waals surface area contributed by atoms with Crippen molar-refractivity contribution in [3.8, 4) is 0 Å². The van der Waals surface area contributed by atoms with E-state index in [0.29, 0.717) is 6.61 Å². The van der Waals surface area contributed by atoms with Crippen LogP contribution in [0.25, 0.3) is 0 Å². The zero-order chi connectivity index (χ0) is 13.0. The molecular weight excluding hydrogens is 246 g/mol. The number of nitrogens with one attached hydrogen (secondary N) is 1. The highest BCUT2D eigenvalue weighted by Gasteiger charge is 2.22. The maximum Gasteiger partial charge on any atom is 0.173 e. The summed E-state index contributed by atoms with van der Waals surface area (Å²) < 4.78 is 5.02. The highest BCUT2D eigenvalue weighted by Crippen LogP contribution is 2.31. The van der Waals surface area contributed by atoms with Gasteiger partial charge in [0.15, 0.2) is 5.11 Å². The summed E-state index contributed by atoms with van der Waals surface area (Å²) in [5.74, 6) is 0. The second kappa shape index (κ2) is 6.02. The lowest BCUT2D eigenvalue weighted by atomic mass is 10.2. The Bertz CT molecular complexity index is 424. The Labute approximate surface area is 114 Å². The van der Waals surface area contributed by atoms with Crippen molar-refractivity contribution in [2.45, 2.75) is 0 Å². The molecule has 0 saturated heterocycles. The molecule has 0 aromatic heterocycles. The minimum Gasteiger partial charge on any atom is -0.383 e. The van der Waals surface area contributed by atoms with Gasteiger partial charge in [-0.15, -0.1) is 0 Å². The van der Waals surface area contributed by atoms with E-state index in [1.165, 1.54) is 11.4 Å². The number of nitrogens with zero attached hydrogens (tertiary/aromatic N) is 2. The number of benzene rings is 1. The first-order valence-electron chi connectivity index (χ1n) is 6.08. The van der Waals surface area contributed by atoms with Crippen LogP contribution < -0.4 is 15.1 Å². The molecule has 0 radical (unpaired) electrons. The van der Waals surface area contributed by atoms with Gasteiger partial charge in [0, 0.05) is 33.8 Å². The predicted molar refractivity (Wildman–Crippen MR) is 79.5 cm³/mol. The quantitative estimate of drug-likeness (QED) is 0.660. The maximum absolute atomic E-state index is 5.44. The van der Waals surface area contributed by atoms with Crippen LogP contribution in [-0.4, -0.2) is 45.5 Å². The van der Waals surface area contributed by atoms with Crippen molar-refractivity contribution in [1.82, 2.24) is 5.32 Å². The molecule has 18 heavy (non-hydrogen) atoms. The second-order valence-electron chi connectivity index (χ2n) is 4.29. The van der Waals surface area contributed by atoms with Crippen LogP contribution in [0, 0.1) is 0 Å². The van der Waals surface area contributed by atoms with Gasteiger partial charge in [-0.3, -0.25) is 0 Å². The third kappa shape index (κ3) is 2.73. The lowest BCUT2D eigenvalue weighted by Crippen LogP contribution is -2.47. The highest BCUT2D eigenvalue weighted by atomic mass is 32.1. The van der Waals surface area contributed by atoms with Crippen LogP contribution in [-0.2, 0) is 4.74 Å². The highest BCUT2D eigenvalue weighted by molar-refractivity contribution is 7.80. The van der Waals surface area contributed by atoms with Gasteiger partial charge >= 0.3 is 0 Å². The normalized spacial score (nSPS) is 14.3. The molecule has 1 aromatic rings. The molecule has 0 bridgehead atoms. The van der Waals surface area contributed by atoms with E-state index in [1.54, 1.807) is 7.11 Å². The summed E-state index contributed by atoms with van der Waals surface area (Å²) in [4.78, 5) is 4.41. The first-order chi connectivity index (χ1) is 8.74. The molecule has 0 aliphatic carbocycles. The van der Waals surface area contributed by atoms with Gasteiger partial charge in [0.1, 0.15) is 0 Å². The lowest BCUT2D eigenvalue weighted by Gasteiger charge is -2.37. The monoisotopic (exact) mass is 265 g/mol. The van der Waals surface area contributed by atoms with E-state index in [1.807, 2.05) is 6.07 Å². The molecule has 98 valence electrons. The van der Waals surface area contributed by atoms with E-state index in [4.69, 9.17) is 17.0 Å². The third-order valence-corrected chi connectivity index (χ3v) is 3.44. The van der Waals surface area contributed by atoms with Crippen molar-refractivity contribution in [2.24, 2.45) is 0 Å². The molecule has 1 N–H and O–H groups in total. The number of para-hydroxylation sites is 2. The minimum absolute atomic E-state index is 0.662. The molecule has 0 unspecified atom stereocenters. The molecule has 4 nitrogen and oxygen atoms in total. The maximum atomic E-state index is 5.44. The van der Waals surface area contributed by atoms with Gasteiger partial charge in [0.25, 0.3) is 0 Å². The Hall–Kier alpha value is -1.33. The van der Waals surface area contributed by atoms with Gasteiger partial charge < -0.3 is 19.9 Å². The van der Waals surface area contributed by atoms with Crippen LogP contribution in [0.1, 0.15) is 0 Å². The molecule has 1 aliphatic heterocycles. The molecule has 0 atom stereocenters. The second-order valence-corrected chi connectivity index (χ2v) is 4.67. The first-order valence-corrected chi connectivity index (χ1v) is 6.49. The molecule has 0 spiro atoms. The number of thiocarbonyl (C=S) groups is 1. The molecule has 0 fully saturated rings. The average Bonchev–Trinajstić information content (AvgIpc) is 2.39. The van der Waals surface area contributed by atoms with Gasteiger partial charge in [-0.2, -0.15) is 0 Å². The van der Waals surface area contributed by atoms with E-state index in [0.717, 1.165) is 24.7 Å². The summed E-state index contributed by atoms with van der Waals surface area (Å²) in [6.07, 6.45) is 0. The molecule has 1 aliphatic rings. The van der Waals surface area contributed by atoms with Crippen LogP contribution >= 0.6 is 12.2 Å². The molecular formula is C13H19N3OS. The Balaban J connectivity index is 2.11. The predicted octanol–water partition coefficient (Wildman–Crippen LogP) is 1.46. The Morgan fingerprint density at radius 2 is 2.06 bits per heavy atom. The van der Waals surface area contributed by atoms with Crippen LogP contribution in [0.2, 0.25) is 0 Å². The van der Waals surface area contributed by atoms with Crippen LogP contribution in [0.5, 0.6) is 0 Å². The van der Waals surface area contributed by atoms with E-state index < -0.39 is 0 Å². The minimum atomic E-state index is 0.662. The van der Waals surface area contributed by atoms with Crippen molar-refractivity contribution >= 4 is 28.7 Å². The summed E-state index contributed by atoms with van der Waals surface area (Å²) >= 11 is 5.44. The van der Waals surface area contributed by atoms with E-state index in [2.05, 4.69) is 40.4 Å². The Morgan fingerprint density at radius 1 is 1.33 bits per heavy atom. The topological polar surface area (TPSA) is 27.7 Å². The average molecular weight is 265 g/mol. The summed E-state index contributed by atoms with van der Waals surface area (Å²) in [7, 11) is 3.80. The van der Waals surface area contributed by atoms with E-state index in [9.17, 15) is 0 Å². The van der Waals surface area contributed by atoms with Gasteiger partial charge in [0.2, 0.25) is 0 Å². The fourth-order valence-electron chi connectivity index (χ4n) is 2.07. The Morgan fingerprint density at radius 3 is 2.78 bits per heavy atom.